The first-order valence-corrected chi connectivity index (χ1v) is 11.4. The highest BCUT2D eigenvalue weighted by Gasteiger charge is 2.29. The van der Waals surface area contributed by atoms with E-state index >= 15 is 0 Å². The van der Waals surface area contributed by atoms with E-state index in [1.54, 1.807) is 13.2 Å². The number of ether oxygens (including phenoxy) is 1. The van der Waals surface area contributed by atoms with Crippen LogP contribution in [0.5, 0.6) is 0 Å². The molecule has 182 valence electrons. The van der Waals surface area contributed by atoms with E-state index in [-0.39, 0.29) is 37.9 Å². The van der Waals surface area contributed by atoms with E-state index in [1.807, 2.05) is 24.3 Å². The third-order valence-electron chi connectivity index (χ3n) is 5.95. The third kappa shape index (κ3) is 5.84. The molecule has 2 amide bonds. The van der Waals surface area contributed by atoms with Crippen LogP contribution in [0, 0.1) is 0 Å². The quantitative estimate of drug-likeness (QED) is 0.460. The molecule has 1 aliphatic rings. The first-order chi connectivity index (χ1) is 16.9. The first-order valence-electron chi connectivity index (χ1n) is 11.4. The van der Waals surface area contributed by atoms with E-state index in [4.69, 9.17) is 9.84 Å². The van der Waals surface area contributed by atoms with Gasteiger partial charge in [0.2, 0.25) is 5.91 Å². The highest BCUT2D eigenvalue weighted by atomic mass is 16.5. The number of aromatic nitrogens is 3. The number of nitrogens with one attached hydrogen (secondary N) is 1. The molecule has 0 unspecified atom stereocenters. The minimum Gasteiger partial charge on any atom is -0.481 e. The Kier molecular flexibility index (Phi) is 7.39. The van der Waals surface area contributed by atoms with E-state index in [2.05, 4.69) is 39.9 Å². The van der Waals surface area contributed by atoms with Crippen LogP contribution in [0.2, 0.25) is 0 Å². The first kappa shape index (κ1) is 23.9. The van der Waals surface area contributed by atoms with Gasteiger partial charge in [-0.3, -0.25) is 9.59 Å². The van der Waals surface area contributed by atoms with Gasteiger partial charge in [-0.05, 0) is 28.7 Å². The fourth-order valence-electron chi connectivity index (χ4n) is 4.16. The van der Waals surface area contributed by atoms with Crippen molar-refractivity contribution in [2.75, 3.05) is 20.2 Å². The SMILES string of the molecule is CN(CCCC(=O)O)C(=O)Cn1cc(CNC(=O)OCC2c3ccccc3-c3ccccc32)nn1. The molecular formula is C25H27N5O5. The zero-order chi connectivity index (χ0) is 24.8. The molecule has 0 spiro atoms. The lowest BCUT2D eigenvalue weighted by atomic mass is 9.98. The summed E-state index contributed by atoms with van der Waals surface area (Å²) in [5.41, 5.74) is 5.09. The van der Waals surface area contributed by atoms with Crippen molar-refractivity contribution >= 4 is 18.0 Å². The second-order valence-electron chi connectivity index (χ2n) is 8.40. The van der Waals surface area contributed by atoms with Crippen LogP contribution in [0.15, 0.2) is 54.7 Å². The van der Waals surface area contributed by atoms with E-state index < -0.39 is 12.1 Å². The van der Waals surface area contributed by atoms with Gasteiger partial charge < -0.3 is 20.1 Å². The van der Waals surface area contributed by atoms with Gasteiger partial charge in [0, 0.05) is 25.9 Å². The molecule has 0 bridgehead atoms. The summed E-state index contributed by atoms with van der Waals surface area (Å²) in [6.07, 6.45) is 1.40. The van der Waals surface area contributed by atoms with Crippen LogP contribution >= 0.6 is 0 Å². The van der Waals surface area contributed by atoms with Crippen LogP contribution in [0.3, 0.4) is 0 Å². The average Bonchev–Trinajstić information content (AvgIpc) is 3.43. The molecule has 0 aliphatic heterocycles. The Labute approximate surface area is 202 Å². The Morgan fingerprint density at radius 1 is 1.09 bits per heavy atom. The van der Waals surface area contributed by atoms with Gasteiger partial charge in [-0.15, -0.1) is 5.10 Å². The number of amides is 2. The van der Waals surface area contributed by atoms with Gasteiger partial charge in [0.05, 0.1) is 12.7 Å². The van der Waals surface area contributed by atoms with Gasteiger partial charge in [-0.25, -0.2) is 9.48 Å². The summed E-state index contributed by atoms with van der Waals surface area (Å²) in [7, 11) is 1.61. The number of hydrogen-bond donors (Lipinski definition) is 2. The third-order valence-corrected chi connectivity index (χ3v) is 5.95. The zero-order valence-corrected chi connectivity index (χ0v) is 19.4. The maximum Gasteiger partial charge on any atom is 0.407 e. The van der Waals surface area contributed by atoms with Crippen molar-refractivity contribution < 1.29 is 24.2 Å². The molecular weight excluding hydrogens is 450 g/mol. The lowest BCUT2D eigenvalue weighted by Crippen LogP contribution is -2.31. The fourth-order valence-corrected chi connectivity index (χ4v) is 4.16. The van der Waals surface area contributed by atoms with Crippen molar-refractivity contribution in [1.29, 1.82) is 0 Å². The van der Waals surface area contributed by atoms with Crippen LogP contribution in [-0.4, -0.2) is 63.2 Å². The molecule has 0 saturated carbocycles. The smallest absolute Gasteiger partial charge is 0.407 e. The Hall–Kier alpha value is -4.21. The Balaban J connectivity index is 1.24. The normalized spacial score (nSPS) is 12.0. The molecule has 0 atom stereocenters. The van der Waals surface area contributed by atoms with Crippen molar-refractivity contribution in [1.82, 2.24) is 25.2 Å². The molecule has 10 heteroatoms. The standard InChI is InChI=1S/C25H27N5O5/c1-29(12-6-11-24(32)33)23(31)15-30-14-17(27-28-30)13-26-25(34)35-16-22-20-9-4-2-7-18(20)19-8-3-5-10-21(19)22/h2-5,7-10,14,22H,6,11-13,15-16H2,1H3,(H,26,34)(H,32,33). The Bertz CT molecular complexity index is 1180. The number of carbonyl (C=O) groups excluding carboxylic acids is 2. The number of alkyl carbamates (subject to hydrolysis) is 1. The number of carboxylic acids is 1. The zero-order valence-electron chi connectivity index (χ0n) is 19.4. The largest absolute Gasteiger partial charge is 0.481 e. The minimum absolute atomic E-state index is 0.00658. The fraction of sp³-hybridized carbons (Fsp3) is 0.320. The average molecular weight is 478 g/mol. The monoisotopic (exact) mass is 477 g/mol. The predicted molar refractivity (Wildman–Crippen MR) is 126 cm³/mol. The maximum atomic E-state index is 12.3. The molecule has 1 heterocycles. The second kappa shape index (κ2) is 10.8. The molecule has 4 rings (SSSR count). The molecule has 3 aromatic rings. The lowest BCUT2D eigenvalue weighted by Gasteiger charge is -2.16. The molecule has 2 aromatic carbocycles. The van der Waals surface area contributed by atoms with Gasteiger partial charge >= 0.3 is 12.1 Å². The summed E-state index contributed by atoms with van der Waals surface area (Å²) >= 11 is 0. The molecule has 10 nitrogen and oxygen atoms in total. The number of aliphatic carboxylic acids is 1. The summed E-state index contributed by atoms with van der Waals surface area (Å²) in [5, 5.41) is 19.3. The Morgan fingerprint density at radius 2 is 1.74 bits per heavy atom. The van der Waals surface area contributed by atoms with Crippen molar-refractivity contribution in [3.05, 3.63) is 71.5 Å². The minimum atomic E-state index is -0.893. The molecule has 0 saturated heterocycles. The number of fused-ring (bicyclic) bond motifs is 3. The molecule has 0 radical (unpaired) electrons. The van der Waals surface area contributed by atoms with Gasteiger partial charge in [0.25, 0.3) is 0 Å². The summed E-state index contributed by atoms with van der Waals surface area (Å²) in [5.74, 6) is -1.13. The molecule has 2 N–H and O–H groups in total. The number of likely N-dealkylation sites (N-methyl/N-ethyl adjacent to an activating group) is 1. The van der Waals surface area contributed by atoms with Gasteiger partial charge in [0.1, 0.15) is 18.8 Å². The summed E-state index contributed by atoms with van der Waals surface area (Å²) in [4.78, 5) is 36.6. The Morgan fingerprint density at radius 3 is 2.40 bits per heavy atom. The predicted octanol–water partition coefficient (Wildman–Crippen LogP) is 2.64. The summed E-state index contributed by atoms with van der Waals surface area (Å²) in [6.45, 7) is 0.645. The maximum absolute atomic E-state index is 12.3. The van der Waals surface area contributed by atoms with Gasteiger partial charge in [0.15, 0.2) is 0 Å². The van der Waals surface area contributed by atoms with Crippen LogP contribution < -0.4 is 5.32 Å². The summed E-state index contributed by atoms with van der Waals surface area (Å²) in [6, 6.07) is 16.3. The number of hydrogen-bond acceptors (Lipinski definition) is 6. The topological polar surface area (TPSA) is 127 Å². The lowest BCUT2D eigenvalue weighted by molar-refractivity contribution is -0.138. The van der Waals surface area contributed by atoms with E-state index in [1.165, 1.54) is 9.58 Å². The van der Waals surface area contributed by atoms with Crippen molar-refractivity contribution in [3.8, 4) is 11.1 Å². The highest BCUT2D eigenvalue weighted by molar-refractivity contribution is 5.79. The number of carbonyl (C=O) groups is 3. The number of carboxylic acid groups (broad SMARTS) is 1. The number of benzene rings is 2. The number of nitrogens with zero attached hydrogens (tertiary/aromatic N) is 4. The van der Waals surface area contributed by atoms with Gasteiger partial charge in [-0.1, -0.05) is 53.7 Å². The molecule has 1 aliphatic carbocycles. The van der Waals surface area contributed by atoms with Crippen LogP contribution in [0.4, 0.5) is 4.79 Å². The van der Waals surface area contributed by atoms with Gasteiger partial charge in [-0.2, -0.15) is 0 Å². The molecule has 1 aromatic heterocycles. The van der Waals surface area contributed by atoms with Crippen LogP contribution in [0.1, 0.15) is 35.6 Å². The van der Waals surface area contributed by atoms with E-state index in [0.29, 0.717) is 18.7 Å². The second-order valence-corrected chi connectivity index (χ2v) is 8.40. The van der Waals surface area contributed by atoms with E-state index in [0.717, 1.165) is 22.3 Å². The van der Waals surface area contributed by atoms with Crippen molar-refractivity contribution in [2.24, 2.45) is 0 Å². The number of rotatable bonds is 10. The van der Waals surface area contributed by atoms with Crippen molar-refractivity contribution in [2.45, 2.75) is 31.8 Å². The van der Waals surface area contributed by atoms with E-state index in [9.17, 15) is 14.4 Å². The molecule has 0 fully saturated rings. The molecule has 35 heavy (non-hydrogen) atoms. The van der Waals surface area contributed by atoms with Crippen LogP contribution in [0.25, 0.3) is 11.1 Å². The van der Waals surface area contributed by atoms with Crippen molar-refractivity contribution in [3.63, 3.8) is 0 Å². The highest BCUT2D eigenvalue weighted by Crippen LogP contribution is 2.44. The summed E-state index contributed by atoms with van der Waals surface area (Å²) < 4.78 is 6.89. The van der Waals surface area contributed by atoms with Crippen LogP contribution in [-0.2, 0) is 27.4 Å².